The van der Waals surface area contributed by atoms with Gasteiger partial charge in [-0.1, -0.05) is 13.0 Å². The molecule has 1 fully saturated rings. The van der Waals surface area contributed by atoms with Crippen LogP contribution in [0.4, 0.5) is 0 Å². The van der Waals surface area contributed by atoms with Crippen LogP contribution in [0.25, 0.3) is 0 Å². The van der Waals surface area contributed by atoms with E-state index in [0.717, 1.165) is 13.0 Å². The first-order valence-electron chi connectivity index (χ1n) is 7.96. The quantitative estimate of drug-likeness (QED) is 0.579. The monoisotopic (exact) mass is 186 g/mol. The second-order valence-corrected chi connectivity index (χ2v) is 2.91. The molecular weight excluding hydrogens is 164 g/mol. The van der Waals surface area contributed by atoms with Crippen molar-refractivity contribution in [1.82, 2.24) is 0 Å². The molecule has 0 heterocycles. The van der Waals surface area contributed by atoms with Gasteiger partial charge in [-0.15, -0.1) is 0 Å². The molecule has 0 N–H and O–H groups in total. The Hall–Kier alpha value is -0.920. The molecule has 0 saturated heterocycles. The van der Waals surface area contributed by atoms with Gasteiger partial charge < -0.3 is 0 Å². The number of carbonyl (C=O) groups is 2. The predicted octanol–water partition coefficient (Wildman–Crippen LogP) is 1.89. The van der Waals surface area contributed by atoms with Crippen LogP contribution >= 0.6 is 0 Å². The van der Waals surface area contributed by atoms with Crippen molar-refractivity contribution < 1.29 is 20.6 Å². The van der Waals surface area contributed by atoms with Gasteiger partial charge in [0.15, 0.2) is 5.78 Å². The van der Waals surface area contributed by atoms with Gasteiger partial charge in [-0.3, -0.25) is 9.59 Å². The van der Waals surface area contributed by atoms with Crippen molar-refractivity contribution in [1.29, 1.82) is 0 Å². The molecule has 2 nitrogen and oxygen atoms in total. The molecule has 0 spiro atoms. The molecule has 2 unspecified atom stereocenters. The largest absolute Gasteiger partial charge is 0.299 e. The minimum atomic E-state index is -3.08. The Bertz CT molecular complexity index is 577. The molecule has 0 aromatic heterocycles. The van der Waals surface area contributed by atoms with Gasteiger partial charge in [-0.05, 0) is 19.2 Å². The number of allylic oxidation sites excluding steroid dienone is 2. The molecule has 0 amide bonds. The summed E-state index contributed by atoms with van der Waals surface area (Å²) in [5, 5.41) is 0. The maximum atomic E-state index is 12.4. The highest BCUT2D eigenvalue weighted by atomic mass is 16.1. The summed E-state index contributed by atoms with van der Waals surface area (Å²) in [7, 11) is 0. The van der Waals surface area contributed by atoms with E-state index in [2.05, 4.69) is 0 Å². The lowest BCUT2D eigenvalue weighted by Gasteiger charge is -2.29. The summed E-state index contributed by atoms with van der Waals surface area (Å²) < 4.78 is 62.3. The maximum Gasteiger partial charge on any atom is 0.162 e. The van der Waals surface area contributed by atoms with E-state index in [1.807, 2.05) is 0 Å². The molecule has 1 saturated carbocycles. The standard InChI is InChI=1S/C11H14O2/c1-7-6-10(12)8-4-2-3-5-9(8)11(7)13/h5,7-8H,2-4,6H2,1H3/i2D2,4D2,6D2,7D,8D. The average Bonchev–Trinajstić information content (AvgIpc) is 2.33. The fourth-order valence-corrected chi connectivity index (χ4v) is 1.34. The summed E-state index contributed by atoms with van der Waals surface area (Å²) in [6.45, 7) is 0.909. The van der Waals surface area contributed by atoms with Gasteiger partial charge >= 0.3 is 0 Å². The Labute approximate surface area is 89.3 Å². The zero-order chi connectivity index (χ0) is 16.6. The van der Waals surface area contributed by atoms with E-state index in [1.54, 1.807) is 0 Å². The minimum Gasteiger partial charge on any atom is -0.299 e. The number of rotatable bonds is 0. The molecule has 0 aromatic carbocycles. The van der Waals surface area contributed by atoms with Gasteiger partial charge in [0.1, 0.15) is 5.78 Å². The second-order valence-electron chi connectivity index (χ2n) is 2.91. The van der Waals surface area contributed by atoms with E-state index in [4.69, 9.17) is 11.0 Å². The van der Waals surface area contributed by atoms with Crippen LogP contribution in [0.3, 0.4) is 0 Å². The first-order chi connectivity index (χ1) is 9.15. The number of fused-ring (bicyclic) bond motifs is 1. The molecule has 0 bridgehead atoms. The van der Waals surface area contributed by atoms with Crippen molar-refractivity contribution in [2.45, 2.75) is 32.5 Å². The molecule has 2 atom stereocenters. The minimum absolute atomic E-state index is 0.520. The van der Waals surface area contributed by atoms with Gasteiger partial charge in [0.2, 0.25) is 0 Å². The zero-order valence-corrected chi connectivity index (χ0v) is 7.10. The average molecular weight is 186 g/mol. The van der Waals surface area contributed by atoms with Crippen LogP contribution in [-0.4, -0.2) is 11.6 Å². The molecule has 2 heteroatoms. The van der Waals surface area contributed by atoms with Crippen LogP contribution in [0.1, 0.15) is 43.4 Å². The number of Topliss-reactive ketones (excluding diaryl/α,β-unsaturated/α-hetero) is 2. The lowest BCUT2D eigenvalue weighted by Crippen LogP contribution is -2.34. The first-order valence-corrected chi connectivity index (χ1v) is 3.96. The van der Waals surface area contributed by atoms with Gasteiger partial charge in [0, 0.05) is 34.7 Å². The van der Waals surface area contributed by atoms with Crippen molar-refractivity contribution in [3.05, 3.63) is 11.6 Å². The fourth-order valence-electron chi connectivity index (χ4n) is 1.34. The summed E-state index contributed by atoms with van der Waals surface area (Å²) in [5.41, 5.74) is -0.625. The van der Waals surface area contributed by atoms with Gasteiger partial charge in [0.25, 0.3) is 0 Å². The molecular formula is C11H14O2. The van der Waals surface area contributed by atoms with Crippen molar-refractivity contribution in [3.63, 3.8) is 0 Å². The first kappa shape index (κ1) is 3.34. The van der Waals surface area contributed by atoms with E-state index in [-0.39, 0.29) is 0 Å². The summed E-state index contributed by atoms with van der Waals surface area (Å²) in [5.74, 6) is -8.20. The Kier molecular flexibility index (Phi) is 0.794. The summed E-state index contributed by atoms with van der Waals surface area (Å²) in [6.07, 6.45) is -8.32. The molecule has 13 heavy (non-hydrogen) atoms. The smallest absolute Gasteiger partial charge is 0.162 e. The number of ketones is 2. The highest BCUT2D eigenvalue weighted by molar-refractivity contribution is 6.08. The van der Waals surface area contributed by atoms with Crippen molar-refractivity contribution in [2.75, 3.05) is 0 Å². The number of carbonyl (C=O) groups excluding carboxylic acids is 2. The Morgan fingerprint density at radius 2 is 2.38 bits per heavy atom. The topological polar surface area (TPSA) is 34.1 Å². The molecule has 0 radical (unpaired) electrons. The second kappa shape index (κ2) is 3.09. The summed E-state index contributed by atoms with van der Waals surface area (Å²) in [4.78, 5) is 24.7. The Balaban J connectivity index is 2.82. The summed E-state index contributed by atoms with van der Waals surface area (Å²) in [6, 6.07) is 0. The van der Waals surface area contributed by atoms with Crippen molar-refractivity contribution >= 4 is 11.6 Å². The van der Waals surface area contributed by atoms with Crippen LogP contribution in [0.15, 0.2) is 11.6 Å². The van der Waals surface area contributed by atoms with E-state index in [0.29, 0.717) is 0 Å². The van der Waals surface area contributed by atoms with Crippen LogP contribution in [0.2, 0.25) is 0 Å². The Morgan fingerprint density at radius 3 is 3.15 bits per heavy atom. The van der Waals surface area contributed by atoms with Crippen LogP contribution in [0.5, 0.6) is 0 Å². The predicted molar refractivity (Wildman–Crippen MR) is 49.2 cm³/mol. The highest BCUT2D eigenvalue weighted by Crippen LogP contribution is 2.34. The van der Waals surface area contributed by atoms with E-state index >= 15 is 0 Å². The van der Waals surface area contributed by atoms with E-state index in [9.17, 15) is 9.59 Å². The van der Waals surface area contributed by atoms with Crippen LogP contribution < -0.4 is 0 Å². The number of hydrogen-bond donors (Lipinski definition) is 0. The Morgan fingerprint density at radius 1 is 1.62 bits per heavy atom. The third-order valence-electron chi connectivity index (χ3n) is 2.00. The maximum absolute atomic E-state index is 12.4. The molecule has 2 aliphatic rings. The highest BCUT2D eigenvalue weighted by Gasteiger charge is 2.37. The van der Waals surface area contributed by atoms with Gasteiger partial charge in [0.05, 0.1) is 0 Å². The fraction of sp³-hybridized carbons (Fsp3) is 0.636. The summed E-state index contributed by atoms with van der Waals surface area (Å²) >= 11 is 0. The van der Waals surface area contributed by atoms with Crippen LogP contribution in [-0.2, 0) is 9.59 Å². The molecule has 0 aliphatic heterocycles. The third-order valence-corrected chi connectivity index (χ3v) is 2.00. The normalized spacial score (nSPS) is 66.1. The van der Waals surface area contributed by atoms with E-state index < -0.39 is 54.5 Å². The third kappa shape index (κ3) is 1.34. The van der Waals surface area contributed by atoms with Crippen LogP contribution in [0, 0.1) is 11.8 Å². The van der Waals surface area contributed by atoms with Crippen molar-refractivity contribution in [3.8, 4) is 0 Å². The van der Waals surface area contributed by atoms with E-state index in [1.165, 1.54) is 0 Å². The van der Waals surface area contributed by atoms with Gasteiger partial charge in [-0.2, -0.15) is 0 Å². The molecule has 2 aliphatic carbocycles. The van der Waals surface area contributed by atoms with Crippen molar-refractivity contribution in [2.24, 2.45) is 11.8 Å². The number of hydrogen-bond acceptors (Lipinski definition) is 2. The zero-order valence-electron chi connectivity index (χ0n) is 15.1. The lowest BCUT2D eigenvalue weighted by atomic mass is 9.72. The lowest BCUT2D eigenvalue weighted by molar-refractivity contribution is -0.132. The molecule has 2 rings (SSSR count). The molecule has 70 valence electrons. The SMILES string of the molecule is [2H]C1([2H])CC=C2C(=O)C([2H])(C)C([2H])([2H])C(=O)C2([2H])C1([2H])[2H]. The van der Waals surface area contributed by atoms with Gasteiger partial charge in [-0.25, -0.2) is 0 Å². The molecule has 0 aromatic rings.